The van der Waals surface area contributed by atoms with Gasteiger partial charge in [-0.3, -0.25) is 0 Å². The van der Waals surface area contributed by atoms with Gasteiger partial charge in [0.1, 0.15) is 5.52 Å². The summed E-state index contributed by atoms with van der Waals surface area (Å²) >= 11 is 0. The van der Waals surface area contributed by atoms with Crippen molar-refractivity contribution in [2.75, 3.05) is 0 Å². The molecule has 1 aromatic heterocycles. The van der Waals surface area contributed by atoms with E-state index in [2.05, 4.69) is 29.2 Å². The molecular formula is C19H20N2O. The molecule has 0 spiro atoms. The lowest BCUT2D eigenvalue weighted by atomic mass is 9.80. The summed E-state index contributed by atoms with van der Waals surface area (Å²) < 4.78 is 5.82. The van der Waals surface area contributed by atoms with Crippen LogP contribution >= 0.6 is 0 Å². The molecule has 3 nitrogen and oxygen atoms in total. The molecule has 2 N–H and O–H groups in total. The van der Waals surface area contributed by atoms with Crippen molar-refractivity contribution in [2.24, 2.45) is 5.73 Å². The third-order valence-corrected chi connectivity index (χ3v) is 4.70. The molecule has 2 aromatic carbocycles. The average molecular weight is 292 g/mol. The maximum absolute atomic E-state index is 6.28. The van der Waals surface area contributed by atoms with Gasteiger partial charge >= 0.3 is 0 Å². The van der Waals surface area contributed by atoms with E-state index in [9.17, 15) is 0 Å². The van der Waals surface area contributed by atoms with E-state index in [1.165, 1.54) is 24.8 Å². The van der Waals surface area contributed by atoms with Crippen LogP contribution in [-0.2, 0) is 0 Å². The van der Waals surface area contributed by atoms with Gasteiger partial charge in [0.05, 0.1) is 0 Å². The van der Waals surface area contributed by atoms with Gasteiger partial charge in [0.2, 0.25) is 5.89 Å². The number of para-hydroxylation sites is 2. The van der Waals surface area contributed by atoms with Crippen LogP contribution in [0.15, 0.2) is 52.9 Å². The number of hydrogen-bond donors (Lipinski definition) is 1. The quantitative estimate of drug-likeness (QED) is 0.757. The molecule has 3 heteroatoms. The predicted octanol–water partition coefficient (Wildman–Crippen LogP) is 4.48. The van der Waals surface area contributed by atoms with Crippen LogP contribution in [0, 0.1) is 0 Å². The first-order valence-corrected chi connectivity index (χ1v) is 8.03. The standard InChI is InChI=1S/C19H20N2O/c20-16-6-2-1-5-15(16)13-9-11-14(12-10-13)19-21-17-7-3-4-8-18(17)22-19/h3-4,7-12,15-16H,1-2,5-6,20H2. The van der Waals surface area contributed by atoms with E-state index < -0.39 is 0 Å². The molecule has 0 radical (unpaired) electrons. The minimum atomic E-state index is 0.295. The smallest absolute Gasteiger partial charge is 0.227 e. The summed E-state index contributed by atoms with van der Waals surface area (Å²) in [4.78, 5) is 4.55. The van der Waals surface area contributed by atoms with Crippen molar-refractivity contribution in [2.45, 2.75) is 37.6 Å². The molecule has 1 fully saturated rings. The number of oxazole rings is 1. The van der Waals surface area contributed by atoms with Crippen molar-refractivity contribution in [1.82, 2.24) is 4.98 Å². The van der Waals surface area contributed by atoms with Crippen LogP contribution in [0.2, 0.25) is 0 Å². The fraction of sp³-hybridized carbons (Fsp3) is 0.316. The van der Waals surface area contributed by atoms with Gasteiger partial charge in [0.15, 0.2) is 5.58 Å². The SMILES string of the molecule is NC1CCCCC1c1ccc(-c2nc3ccccc3o2)cc1. The molecule has 1 aliphatic rings. The van der Waals surface area contributed by atoms with Gasteiger partial charge < -0.3 is 10.2 Å². The molecule has 2 atom stereocenters. The number of fused-ring (bicyclic) bond motifs is 1. The van der Waals surface area contributed by atoms with E-state index in [1.807, 2.05) is 24.3 Å². The van der Waals surface area contributed by atoms with Crippen LogP contribution < -0.4 is 5.73 Å². The summed E-state index contributed by atoms with van der Waals surface area (Å²) in [6.45, 7) is 0. The number of hydrogen-bond acceptors (Lipinski definition) is 3. The Balaban J connectivity index is 1.63. The summed E-state index contributed by atoms with van der Waals surface area (Å²) in [7, 11) is 0. The van der Waals surface area contributed by atoms with Crippen LogP contribution in [0.5, 0.6) is 0 Å². The van der Waals surface area contributed by atoms with Gasteiger partial charge in [-0.25, -0.2) is 4.98 Å². The van der Waals surface area contributed by atoms with Crippen molar-refractivity contribution < 1.29 is 4.42 Å². The Morgan fingerprint density at radius 1 is 0.955 bits per heavy atom. The zero-order valence-corrected chi connectivity index (χ0v) is 12.5. The largest absolute Gasteiger partial charge is 0.436 e. The van der Waals surface area contributed by atoms with E-state index in [0.717, 1.165) is 23.1 Å². The molecule has 1 saturated carbocycles. The van der Waals surface area contributed by atoms with Gasteiger partial charge in [-0.05, 0) is 48.6 Å². The third kappa shape index (κ3) is 2.42. The number of aromatic nitrogens is 1. The van der Waals surface area contributed by atoms with Crippen LogP contribution in [0.4, 0.5) is 0 Å². The minimum absolute atomic E-state index is 0.295. The van der Waals surface area contributed by atoms with Crippen molar-refractivity contribution in [3.63, 3.8) is 0 Å². The van der Waals surface area contributed by atoms with Crippen LogP contribution in [-0.4, -0.2) is 11.0 Å². The van der Waals surface area contributed by atoms with Crippen LogP contribution in [0.3, 0.4) is 0 Å². The Labute approximate surface area is 130 Å². The van der Waals surface area contributed by atoms with E-state index in [1.54, 1.807) is 0 Å². The Kier molecular flexibility index (Phi) is 3.43. The predicted molar refractivity (Wildman–Crippen MR) is 88.6 cm³/mol. The summed E-state index contributed by atoms with van der Waals surface area (Å²) in [6, 6.07) is 16.7. The van der Waals surface area contributed by atoms with Gasteiger partial charge in [0.25, 0.3) is 0 Å². The van der Waals surface area contributed by atoms with E-state index in [4.69, 9.17) is 10.2 Å². The fourth-order valence-corrected chi connectivity index (χ4v) is 3.44. The van der Waals surface area contributed by atoms with E-state index in [0.29, 0.717) is 17.9 Å². The van der Waals surface area contributed by atoms with Crippen LogP contribution in [0.1, 0.15) is 37.2 Å². The van der Waals surface area contributed by atoms with Gasteiger partial charge in [0, 0.05) is 11.6 Å². The molecule has 0 saturated heterocycles. The molecule has 1 aliphatic carbocycles. The zero-order valence-electron chi connectivity index (χ0n) is 12.5. The first kappa shape index (κ1) is 13.5. The maximum Gasteiger partial charge on any atom is 0.227 e. The fourth-order valence-electron chi connectivity index (χ4n) is 3.44. The highest BCUT2D eigenvalue weighted by molar-refractivity contribution is 5.75. The summed E-state index contributed by atoms with van der Waals surface area (Å²) in [6.07, 6.45) is 4.88. The first-order chi connectivity index (χ1) is 10.8. The maximum atomic E-state index is 6.28. The summed E-state index contributed by atoms with van der Waals surface area (Å²) in [5.74, 6) is 1.17. The lowest BCUT2D eigenvalue weighted by Crippen LogP contribution is -2.31. The van der Waals surface area contributed by atoms with Crippen molar-refractivity contribution in [3.05, 3.63) is 54.1 Å². The topological polar surface area (TPSA) is 52.0 Å². The average Bonchev–Trinajstić information content (AvgIpc) is 2.99. The molecule has 0 amide bonds. The molecule has 22 heavy (non-hydrogen) atoms. The van der Waals surface area contributed by atoms with Crippen LogP contribution in [0.25, 0.3) is 22.6 Å². The van der Waals surface area contributed by atoms with Gasteiger partial charge in [-0.1, -0.05) is 37.1 Å². The molecule has 4 rings (SSSR count). The van der Waals surface area contributed by atoms with Crippen molar-refractivity contribution in [3.8, 4) is 11.5 Å². The molecule has 2 unspecified atom stereocenters. The number of nitrogens with two attached hydrogens (primary N) is 1. The Bertz CT molecular complexity index is 742. The highest BCUT2D eigenvalue weighted by Crippen LogP contribution is 2.33. The molecular weight excluding hydrogens is 272 g/mol. The molecule has 112 valence electrons. The first-order valence-electron chi connectivity index (χ1n) is 8.03. The Hall–Kier alpha value is -2.13. The third-order valence-electron chi connectivity index (χ3n) is 4.70. The normalized spacial score (nSPS) is 22.0. The highest BCUT2D eigenvalue weighted by Gasteiger charge is 2.23. The lowest BCUT2D eigenvalue weighted by Gasteiger charge is -2.28. The molecule has 1 heterocycles. The monoisotopic (exact) mass is 292 g/mol. The number of nitrogens with zero attached hydrogens (tertiary/aromatic N) is 1. The second-order valence-corrected chi connectivity index (χ2v) is 6.16. The number of rotatable bonds is 2. The minimum Gasteiger partial charge on any atom is -0.436 e. The second kappa shape index (κ2) is 5.58. The molecule has 0 aliphatic heterocycles. The second-order valence-electron chi connectivity index (χ2n) is 6.16. The zero-order chi connectivity index (χ0) is 14.9. The van der Waals surface area contributed by atoms with Gasteiger partial charge in [-0.15, -0.1) is 0 Å². The molecule has 3 aromatic rings. The Morgan fingerprint density at radius 2 is 1.73 bits per heavy atom. The lowest BCUT2D eigenvalue weighted by molar-refractivity contribution is 0.385. The van der Waals surface area contributed by atoms with E-state index in [-0.39, 0.29) is 0 Å². The summed E-state index contributed by atoms with van der Waals surface area (Å²) in [5.41, 5.74) is 10.4. The molecule has 0 bridgehead atoms. The van der Waals surface area contributed by atoms with Gasteiger partial charge in [-0.2, -0.15) is 0 Å². The van der Waals surface area contributed by atoms with E-state index >= 15 is 0 Å². The number of benzene rings is 2. The highest BCUT2D eigenvalue weighted by atomic mass is 16.3. The van der Waals surface area contributed by atoms with Crippen molar-refractivity contribution >= 4 is 11.1 Å². The summed E-state index contributed by atoms with van der Waals surface area (Å²) in [5, 5.41) is 0. The Morgan fingerprint density at radius 3 is 2.50 bits per heavy atom. The van der Waals surface area contributed by atoms with Crippen molar-refractivity contribution in [1.29, 1.82) is 0 Å².